The highest BCUT2D eigenvalue weighted by Gasteiger charge is 2.08. The van der Waals surface area contributed by atoms with Crippen molar-refractivity contribution in [3.8, 4) is 23.6 Å². The van der Waals surface area contributed by atoms with E-state index >= 15 is 0 Å². The number of nitrogens with one attached hydrogen (secondary N) is 1. The maximum Gasteiger partial charge on any atom is 0.229 e. The van der Waals surface area contributed by atoms with Crippen LogP contribution in [0.25, 0.3) is 11.3 Å². The van der Waals surface area contributed by atoms with E-state index < -0.39 is 0 Å². The summed E-state index contributed by atoms with van der Waals surface area (Å²) in [7, 11) is 0. The van der Waals surface area contributed by atoms with Gasteiger partial charge in [-0.15, -0.1) is 6.42 Å². The van der Waals surface area contributed by atoms with Gasteiger partial charge >= 0.3 is 0 Å². The normalized spacial score (nSPS) is 13.7. The number of benzene rings is 1. The Labute approximate surface area is 171 Å². The second-order valence-corrected chi connectivity index (χ2v) is 6.85. The molecule has 0 amide bonds. The molecule has 6 nitrogen and oxygen atoms in total. The summed E-state index contributed by atoms with van der Waals surface area (Å²) in [4.78, 5) is 12.8. The number of nitrogens with two attached hydrogens (primary N) is 1. The molecule has 0 radical (unpaired) electrons. The molecular formula is C23H25N5O. The highest BCUT2D eigenvalue weighted by molar-refractivity contribution is 5.71. The zero-order valence-electron chi connectivity index (χ0n) is 16.3. The van der Waals surface area contributed by atoms with E-state index in [1.165, 1.54) is 19.3 Å². The van der Waals surface area contributed by atoms with E-state index in [9.17, 15) is 0 Å². The quantitative estimate of drug-likeness (QED) is 0.584. The monoisotopic (exact) mass is 387 g/mol. The number of pyridine rings is 1. The minimum absolute atomic E-state index is 0.0359. The number of hydrogen-bond donors (Lipinski definition) is 3. The molecule has 4 rings (SSSR count). The van der Waals surface area contributed by atoms with Crippen molar-refractivity contribution in [1.29, 1.82) is 0 Å². The Morgan fingerprint density at radius 3 is 2.34 bits per heavy atom. The molecule has 0 saturated heterocycles. The number of aromatic nitrogens is 3. The second-order valence-electron chi connectivity index (χ2n) is 6.85. The van der Waals surface area contributed by atoms with Crippen LogP contribution in [0.2, 0.25) is 0 Å². The first-order valence-electron chi connectivity index (χ1n) is 9.71. The molecule has 1 aliphatic rings. The first-order chi connectivity index (χ1) is 14.2. The molecule has 1 aliphatic carbocycles. The fourth-order valence-electron chi connectivity index (χ4n) is 3.03. The third kappa shape index (κ3) is 6.03. The highest BCUT2D eigenvalue weighted by Crippen LogP contribution is 2.23. The van der Waals surface area contributed by atoms with Crippen LogP contribution in [-0.2, 0) is 0 Å². The number of anilines is 3. The number of rotatable bonds is 3. The van der Waals surface area contributed by atoms with Gasteiger partial charge in [-0.25, -0.2) is 4.98 Å². The van der Waals surface area contributed by atoms with Crippen molar-refractivity contribution in [2.24, 2.45) is 0 Å². The maximum absolute atomic E-state index is 8.91. The summed E-state index contributed by atoms with van der Waals surface area (Å²) in [5.74, 6) is 3.36. The molecule has 1 fully saturated rings. The summed E-state index contributed by atoms with van der Waals surface area (Å²) in [5, 5.41) is 12.0. The summed E-state index contributed by atoms with van der Waals surface area (Å²) in [6, 6.07) is 13.0. The van der Waals surface area contributed by atoms with E-state index in [2.05, 4.69) is 26.2 Å². The van der Waals surface area contributed by atoms with Crippen molar-refractivity contribution in [1.82, 2.24) is 15.0 Å². The minimum Gasteiger partial charge on any atom is -0.393 e. The van der Waals surface area contributed by atoms with Gasteiger partial charge in [-0.2, -0.15) is 4.98 Å². The van der Waals surface area contributed by atoms with Crippen LogP contribution >= 0.6 is 0 Å². The van der Waals surface area contributed by atoms with Crippen molar-refractivity contribution < 1.29 is 5.11 Å². The van der Waals surface area contributed by atoms with Gasteiger partial charge in [0.2, 0.25) is 5.95 Å². The van der Waals surface area contributed by atoms with Gasteiger partial charge in [-0.05, 0) is 49.2 Å². The van der Waals surface area contributed by atoms with E-state index in [-0.39, 0.29) is 6.10 Å². The van der Waals surface area contributed by atoms with Crippen molar-refractivity contribution in [2.45, 2.75) is 38.2 Å². The van der Waals surface area contributed by atoms with Crippen LogP contribution in [0, 0.1) is 12.3 Å². The number of hydrogen-bond acceptors (Lipinski definition) is 6. The highest BCUT2D eigenvalue weighted by atomic mass is 16.3. The van der Waals surface area contributed by atoms with Crippen molar-refractivity contribution >= 4 is 17.5 Å². The van der Waals surface area contributed by atoms with Gasteiger partial charge in [0.25, 0.3) is 0 Å². The molecule has 2 heterocycles. The van der Waals surface area contributed by atoms with Crippen molar-refractivity contribution in [2.75, 3.05) is 11.1 Å². The lowest BCUT2D eigenvalue weighted by Gasteiger charge is -2.14. The lowest BCUT2D eigenvalue weighted by atomic mass is 9.98. The fourth-order valence-corrected chi connectivity index (χ4v) is 3.03. The Morgan fingerprint density at radius 1 is 1.03 bits per heavy atom. The molecule has 2 aromatic heterocycles. The molecule has 0 aliphatic heterocycles. The third-order valence-electron chi connectivity index (χ3n) is 4.64. The van der Waals surface area contributed by atoms with Gasteiger partial charge in [0, 0.05) is 23.6 Å². The number of aliphatic hydroxyl groups is 1. The fraction of sp³-hybridized carbons (Fsp3) is 0.261. The third-order valence-corrected chi connectivity index (χ3v) is 4.64. The van der Waals surface area contributed by atoms with Gasteiger partial charge in [0.05, 0.1) is 17.4 Å². The Morgan fingerprint density at radius 2 is 1.79 bits per heavy atom. The first-order valence-corrected chi connectivity index (χ1v) is 9.71. The summed E-state index contributed by atoms with van der Waals surface area (Å²) in [6.45, 7) is 0. The van der Waals surface area contributed by atoms with Crippen LogP contribution in [0.3, 0.4) is 0 Å². The summed E-state index contributed by atoms with van der Waals surface area (Å²) >= 11 is 0. The number of nitrogen functional groups attached to an aromatic ring is 1. The van der Waals surface area contributed by atoms with Crippen LogP contribution in [0.5, 0.6) is 0 Å². The molecule has 1 aromatic carbocycles. The zero-order valence-corrected chi connectivity index (χ0v) is 16.3. The predicted molar refractivity (Wildman–Crippen MR) is 116 cm³/mol. The largest absolute Gasteiger partial charge is 0.393 e. The van der Waals surface area contributed by atoms with Crippen LogP contribution < -0.4 is 11.1 Å². The topological polar surface area (TPSA) is 97.0 Å². The number of nitrogens with zero attached hydrogens (tertiary/aromatic N) is 3. The molecule has 4 N–H and O–H groups in total. The van der Waals surface area contributed by atoms with Crippen molar-refractivity contribution in [3.63, 3.8) is 0 Å². The first kappa shape index (κ1) is 20.3. The smallest absolute Gasteiger partial charge is 0.229 e. The van der Waals surface area contributed by atoms with Crippen molar-refractivity contribution in [3.05, 3.63) is 60.4 Å². The molecule has 148 valence electrons. The standard InChI is InChI=1S/C17H13N5.C6H12O/c1-2-12-6-8-13(9-7-12)21-17-20-11-14(16(18)22-17)15-5-3-4-10-19-15;7-6-4-2-1-3-5-6/h1,3-11H,(H3,18,20,21,22);6-7H,1-5H2. The van der Waals surface area contributed by atoms with Gasteiger partial charge in [0.15, 0.2) is 0 Å². The summed E-state index contributed by atoms with van der Waals surface area (Å²) in [6.07, 6.45) is 14.6. The Balaban J connectivity index is 0.000000290. The Bertz CT molecular complexity index is 945. The SMILES string of the molecule is C#Cc1ccc(Nc2ncc(-c3ccccn3)c(N)n2)cc1.OC1CCCCC1. The lowest BCUT2D eigenvalue weighted by molar-refractivity contribution is 0.130. The maximum atomic E-state index is 8.91. The van der Waals surface area contributed by atoms with Crippen LogP contribution in [0.1, 0.15) is 37.7 Å². The lowest BCUT2D eigenvalue weighted by Crippen LogP contribution is -2.09. The van der Waals surface area contributed by atoms with Gasteiger partial charge in [-0.3, -0.25) is 4.98 Å². The number of terminal acetylenes is 1. The molecule has 0 spiro atoms. The minimum atomic E-state index is 0.0359. The molecular weight excluding hydrogens is 362 g/mol. The van der Waals surface area contributed by atoms with E-state index in [4.69, 9.17) is 17.3 Å². The van der Waals surface area contributed by atoms with Gasteiger partial charge in [-0.1, -0.05) is 31.2 Å². The predicted octanol–water partition coefficient (Wildman–Crippen LogP) is 4.16. The van der Waals surface area contributed by atoms with E-state index in [1.54, 1.807) is 12.4 Å². The average Bonchev–Trinajstić information content (AvgIpc) is 2.76. The molecule has 29 heavy (non-hydrogen) atoms. The molecule has 0 bridgehead atoms. The molecule has 6 heteroatoms. The molecule has 3 aromatic rings. The summed E-state index contributed by atoms with van der Waals surface area (Å²) in [5.41, 5.74) is 9.09. The second kappa shape index (κ2) is 10.2. The Kier molecular flexibility index (Phi) is 7.15. The van der Waals surface area contributed by atoms with Crippen LogP contribution in [0.4, 0.5) is 17.5 Å². The van der Waals surface area contributed by atoms with E-state index in [0.717, 1.165) is 29.8 Å². The van der Waals surface area contributed by atoms with E-state index in [0.29, 0.717) is 17.3 Å². The van der Waals surface area contributed by atoms with Gasteiger partial charge < -0.3 is 16.2 Å². The van der Waals surface area contributed by atoms with Crippen LogP contribution in [0.15, 0.2) is 54.9 Å². The number of aliphatic hydroxyl groups excluding tert-OH is 1. The molecule has 1 saturated carbocycles. The summed E-state index contributed by atoms with van der Waals surface area (Å²) < 4.78 is 0. The Hall–Kier alpha value is -3.43. The molecule has 0 unspecified atom stereocenters. The molecule has 0 atom stereocenters. The van der Waals surface area contributed by atoms with Gasteiger partial charge in [0.1, 0.15) is 5.82 Å². The zero-order chi connectivity index (χ0) is 20.5. The average molecular weight is 387 g/mol. The van der Waals surface area contributed by atoms with Crippen LogP contribution in [-0.4, -0.2) is 26.2 Å². The van der Waals surface area contributed by atoms with E-state index in [1.807, 2.05) is 42.5 Å².